The molecule has 3 nitrogen and oxygen atoms in total. The van der Waals surface area contributed by atoms with Gasteiger partial charge in [-0.25, -0.2) is 0 Å². The minimum atomic E-state index is -4.32. The summed E-state index contributed by atoms with van der Waals surface area (Å²) >= 11 is 0. The Morgan fingerprint density at radius 1 is 1.10 bits per heavy atom. The molecule has 0 saturated heterocycles. The minimum absolute atomic E-state index is 0.123. The maximum Gasteiger partial charge on any atom is 0.416 e. The van der Waals surface area contributed by atoms with Gasteiger partial charge in [0.25, 0.3) is 0 Å². The van der Waals surface area contributed by atoms with E-state index in [1.165, 1.54) is 12.1 Å². The van der Waals surface area contributed by atoms with E-state index in [9.17, 15) is 18.0 Å². The van der Waals surface area contributed by atoms with Crippen LogP contribution in [0.3, 0.4) is 0 Å². The SMILES string of the molecule is CC(C)(C)NC(=O)CNCc1ccc(C(F)(F)F)cc1. The van der Waals surface area contributed by atoms with Gasteiger partial charge in [-0.3, -0.25) is 4.79 Å². The molecule has 0 saturated carbocycles. The molecule has 0 heterocycles. The smallest absolute Gasteiger partial charge is 0.350 e. The number of carbonyl (C=O) groups excluding carboxylic acids is 1. The summed E-state index contributed by atoms with van der Waals surface area (Å²) in [5.74, 6) is -0.149. The summed E-state index contributed by atoms with van der Waals surface area (Å²) in [5, 5.41) is 5.67. The van der Waals surface area contributed by atoms with Gasteiger partial charge in [0.1, 0.15) is 0 Å². The van der Waals surface area contributed by atoms with Crippen LogP contribution in [0.1, 0.15) is 31.9 Å². The fourth-order valence-corrected chi connectivity index (χ4v) is 1.59. The van der Waals surface area contributed by atoms with Crippen LogP contribution in [-0.2, 0) is 17.5 Å². The molecule has 6 heteroatoms. The highest BCUT2D eigenvalue weighted by Gasteiger charge is 2.29. The van der Waals surface area contributed by atoms with Gasteiger partial charge in [0.2, 0.25) is 5.91 Å². The van der Waals surface area contributed by atoms with Crippen LogP contribution in [0.15, 0.2) is 24.3 Å². The molecular formula is C14H19F3N2O. The average Bonchev–Trinajstić information content (AvgIpc) is 2.26. The zero-order chi connectivity index (χ0) is 15.4. The second kappa shape index (κ2) is 6.26. The summed E-state index contributed by atoms with van der Waals surface area (Å²) in [5.41, 5.74) is -0.277. The van der Waals surface area contributed by atoms with E-state index in [4.69, 9.17) is 0 Å². The Kier molecular flexibility index (Phi) is 5.16. The summed E-state index contributed by atoms with van der Waals surface area (Å²) in [4.78, 5) is 11.5. The molecule has 1 aromatic rings. The molecule has 0 aliphatic rings. The Balaban J connectivity index is 2.42. The number of nitrogens with one attached hydrogen (secondary N) is 2. The Morgan fingerprint density at radius 3 is 2.10 bits per heavy atom. The average molecular weight is 288 g/mol. The van der Waals surface area contributed by atoms with E-state index < -0.39 is 11.7 Å². The Labute approximate surface area is 116 Å². The van der Waals surface area contributed by atoms with Crippen molar-refractivity contribution in [2.45, 2.75) is 39.0 Å². The van der Waals surface area contributed by atoms with Gasteiger partial charge in [-0.05, 0) is 38.5 Å². The largest absolute Gasteiger partial charge is 0.416 e. The molecule has 0 spiro atoms. The summed E-state index contributed by atoms with van der Waals surface area (Å²) in [6, 6.07) is 4.87. The third-order valence-corrected chi connectivity index (χ3v) is 2.41. The van der Waals surface area contributed by atoms with Crippen molar-refractivity contribution in [1.29, 1.82) is 0 Å². The number of hydrogen-bond acceptors (Lipinski definition) is 2. The number of alkyl halides is 3. The minimum Gasteiger partial charge on any atom is -0.350 e. The molecule has 0 aliphatic heterocycles. The third kappa shape index (κ3) is 6.06. The van der Waals surface area contributed by atoms with Crippen molar-refractivity contribution < 1.29 is 18.0 Å². The number of benzene rings is 1. The Hall–Kier alpha value is -1.56. The van der Waals surface area contributed by atoms with Crippen LogP contribution in [0.5, 0.6) is 0 Å². The lowest BCUT2D eigenvalue weighted by Gasteiger charge is -2.20. The zero-order valence-corrected chi connectivity index (χ0v) is 11.8. The molecule has 112 valence electrons. The van der Waals surface area contributed by atoms with E-state index in [0.29, 0.717) is 12.1 Å². The van der Waals surface area contributed by atoms with Gasteiger partial charge in [-0.2, -0.15) is 13.2 Å². The van der Waals surface area contributed by atoms with Crippen LogP contribution in [0, 0.1) is 0 Å². The fraction of sp³-hybridized carbons (Fsp3) is 0.500. The molecule has 0 atom stereocenters. The van der Waals surface area contributed by atoms with E-state index in [2.05, 4.69) is 10.6 Å². The fourth-order valence-electron chi connectivity index (χ4n) is 1.59. The summed E-state index contributed by atoms with van der Waals surface area (Å²) < 4.78 is 37.1. The van der Waals surface area contributed by atoms with Gasteiger partial charge in [0.15, 0.2) is 0 Å². The van der Waals surface area contributed by atoms with Gasteiger partial charge in [-0.15, -0.1) is 0 Å². The van der Waals surface area contributed by atoms with Crippen molar-refractivity contribution in [1.82, 2.24) is 10.6 Å². The third-order valence-electron chi connectivity index (χ3n) is 2.41. The first-order valence-electron chi connectivity index (χ1n) is 6.26. The standard InChI is InChI=1S/C14H19F3N2O/c1-13(2,3)19-12(20)9-18-8-10-4-6-11(7-5-10)14(15,16)17/h4-7,18H,8-9H2,1-3H3,(H,19,20). The number of halogens is 3. The lowest BCUT2D eigenvalue weighted by Crippen LogP contribution is -2.44. The number of hydrogen-bond donors (Lipinski definition) is 2. The summed E-state index contributed by atoms with van der Waals surface area (Å²) in [6.07, 6.45) is -4.32. The van der Waals surface area contributed by atoms with Crippen molar-refractivity contribution in [2.24, 2.45) is 0 Å². The van der Waals surface area contributed by atoms with Crippen molar-refractivity contribution >= 4 is 5.91 Å². The lowest BCUT2D eigenvalue weighted by molar-refractivity contribution is -0.137. The van der Waals surface area contributed by atoms with Crippen LogP contribution in [0.2, 0.25) is 0 Å². The molecular weight excluding hydrogens is 269 g/mol. The first-order chi connectivity index (χ1) is 9.08. The van der Waals surface area contributed by atoms with Crippen LogP contribution < -0.4 is 10.6 Å². The Bertz CT molecular complexity index is 447. The van der Waals surface area contributed by atoms with Gasteiger partial charge in [0, 0.05) is 12.1 Å². The summed E-state index contributed by atoms with van der Waals surface area (Å²) in [6.45, 7) is 6.09. The van der Waals surface area contributed by atoms with Crippen molar-refractivity contribution in [3.05, 3.63) is 35.4 Å². The van der Waals surface area contributed by atoms with E-state index in [-0.39, 0.29) is 18.0 Å². The molecule has 0 fully saturated rings. The lowest BCUT2D eigenvalue weighted by atomic mass is 10.1. The van der Waals surface area contributed by atoms with Crippen LogP contribution in [0.25, 0.3) is 0 Å². The molecule has 0 bridgehead atoms. The maximum atomic E-state index is 12.4. The molecule has 1 aromatic carbocycles. The highest BCUT2D eigenvalue weighted by atomic mass is 19.4. The van der Waals surface area contributed by atoms with Crippen molar-refractivity contribution in [2.75, 3.05) is 6.54 Å². The van der Waals surface area contributed by atoms with Crippen LogP contribution in [-0.4, -0.2) is 18.0 Å². The number of rotatable bonds is 4. The second-order valence-corrected chi connectivity index (χ2v) is 5.60. The highest BCUT2D eigenvalue weighted by molar-refractivity contribution is 5.78. The van der Waals surface area contributed by atoms with Gasteiger partial charge >= 0.3 is 6.18 Å². The highest BCUT2D eigenvalue weighted by Crippen LogP contribution is 2.28. The molecule has 0 aliphatic carbocycles. The monoisotopic (exact) mass is 288 g/mol. The normalized spacial score (nSPS) is 12.3. The molecule has 20 heavy (non-hydrogen) atoms. The van der Waals surface area contributed by atoms with Crippen molar-refractivity contribution in [3.63, 3.8) is 0 Å². The molecule has 0 radical (unpaired) electrons. The van der Waals surface area contributed by atoms with Gasteiger partial charge < -0.3 is 10.6 Å². The molecule has 2 N–H and O–H groups in total. The quantitative estimate of drug-likeness (QED) is 0.894. The van der Waals surface area contributed by atoms with E-state index >= 15 is 0 Å². The van der Waals surface area contributed by atoms with Gasteiger partial charge in [0.05, 0.1) is 12.1 Å². The Morgan fingerprint density at radius 2 is 1.65 bits per heavy atom. The van der Waals surface area contributed by atoms with Crippen molar-refractivity contribution in [3.8, 4) is 0 Å². The molecule has 1 amide bonds. The van der Waals surface area contributed by atoms with Crippen LogP contribution >= 0.6 is 0 Å². The second-order valence-electron chi connectivity index (χ2n) is 5.60. The molecule has 0 unspecified atom stereocenters. The van der Waals surface area contributed by atoms with E-state index in [1.54, 1.807) is 0 Å². The zero-order valence-electron chi connectivity index (χ0n) is 11.8. The molecule has 0 aromatic heterocycles. The van der Waals surface area contributed by atoms with E-state index in [1.807, 2.05) is 20.8 Å². The number of amides is 1. The predicted octanol–water partition coefficient (Wildman–Crippen LogP) is 2.71. The first-order valence-corrected chi connectivity index (χ1v) is 6.26. The molecule has 1 rings (SSSR count). The van der Waals surface area contributed by atoms with Gasteiger partial charge in [-0.1, -0.05) is 12.1 Å². The van der Waals surface area contributed by atoms with Crippen LogP contribution in [0.4, 0.5) is 13.2 Å². The predicted molar refractivity (Wildman–Crippen MR) is 71.0 cm³/mol. The maximum absolute atomic E-state index is 12.4. The number of carbonyl (C=O) groups is 1. The van der Waals surface area contributed by atoms with E-state index in [0.717, 1.165) is 12.1 Å². The first kappa shape index (κ1) is 16.5. The topological polar surface area (TPSA) is 41.1 Å². The summed E-state index contributed by atoms with van der Waals surface area (Å²) in [7, 11) is 0.